The van der Waals surface area contributed by atoms with Crippen LogP contribution in [-0.4, -0.2) is 15.0 Å². The lowest BCUT2D eigenvalue weighted by Gasteiger charge is -2.01. The standard InChI is InChI=1S/C15H11N5S/c1-9-18-7-12(14(17)19-9)15-20-13(8-21-15)11-4-2-3-10(5-11)6-16/h2-5,7-8H,1H3,(H2,17,18,19). The molecule has 0 aliphatic rings. The molecule has 0 aliphatic heterocycles. The van der Waals surface area contributed by atoms with Crippen molar-refractivity contribution in [2.45, 2.75) is 6.92 Å². The van der Waals surface area contributed by atoms with Gasteiger partial charge in [0.05, 0.1) is 22.9 Å². The van der Waals surface area contributed by atoms with E-state index in [1.165, 1.54) is 11.3 Å². The molecule has 2 aromatic heterocycles. The molecule has 0 radical (unpaired) electrons. The molecule has 102 valence electrons. The van der Waals surface area contributed by atoms with E-state index in [9.17, 15) is 0 Å². The zero-order valence-electron chi connectivity index (χ0n) is 11.2. The minimum absolute atomic E-state index is 0.425. The van der Waals surface area contributed by atoms with Crippen molar-refractivity contribution in [1.82, 2.24) is 15.0 Å². The molecule has 0 unspecified atom stereocenters. The lowest BCUT2D eigenvalue weighted by molar-refractivity contribution is 1.06. The van der Waals surface area contributed by atoms with E-state index in [1.54, 1.807) is 19.2 Å². The van der Waals surface area contributed by atoms with Crippen LogP contribution in [0.25, 0.3) is 21.8 Å². The molecule has 2 heterocycles. The number of aryl methyl sites for hydroxylation is 1. The number of nitrogens with zero attached hydrogens (tertiary/aromatic N) is 4. The Bertz CT molecular complexity index is 847. The zero-order chi connectivity index (χ0) is 14.8. The molecule has 0 amide bonds. The normalized spacial score (nSPS) is 10.3. The summed E-state index contributed by atoms with van der Waals surface area (Å²) in [5, 5.41) is 11.7. The van der Waals surface area contributed by atoms with Crippen molar-refractivity contribution in [3.8, 4) is 27.9 Å². The predicted octanol–water partition coefficient (Wildman–Crippen LogP) is 3.03. The summed E-state index contributed by atoms with van der Waals surface area (Å²) in [6, 6.07) is 9.48. The average molecular weight is 293 g/mol. The number of rotatable bonds is 2. The van der Waals surface area contributed by atoms with Crippen LogP contribution in [0, 0.1) is 18.3 Å². The van der Waals surface area contributed by atoms with Gasteiger partial charge in [-0.3, -0.25) is 0 Å². The van der Waals surface area contributed by atoms with Crippen LogP contribution in [-0.2, 0) is 0 Å². The fraction of sp³-hybridized carbons (Fsp3) is 0.0667. The minimum atomic E-state index is 0.425. The van der Waals surface area contributed by atoms with Crippen molar-refractivity contribution in [3.63, 3.8) is 0 Å². The summed E-state index contributed by atoms with van der Waals surface area (Å²) in [6.45, 7) is 1.79. The number of nitrogen functional groups attached to an aromatic ring is 1. The summed E-state index contributed by atoms with van der Waals surface area (Å²) in [5.41, 5.74) is 8.98. The monoisotopic (exact) mass is 293 g/mol. The Morgan fingerprint density at radius 1 is 1.29 bits per heavy atom. The molecule has 0 saturated heterocycles. The van der Waals surface area contributed by atoms with Crippen molar-refractivity contribution in [2.75, 3.05) is 5.73 Å². The molecule has 0 atom stereocenters. The van der Waals surface area contributed by atoms with Gasteiger partial charge in [0.15, 0.2) is 0 Å². The average Bonchev–Trinajstić information content (AvgIpc) is 2.97. The summed E-state index contributed by atoms with van der Waals surface area (Å²) in [6.07, 6.45) is 1.69. The lowest BCUT2D eigenvalue weighted by atomic mass is 10.1. The summed E-state index contributed by atoms with van der Waals surface area (Å²) in [7, 11) is 0. The third-order valence-corrected chi connectivity index (χ3v) is 3.84. The first kappa shape index (κ1) is 13.2. The molecule has 3 aromatic rings. The summed E-state index contributed by atoms with van der Waals surface area (Å²) in [4.78, 5) is 12.9. The quantitative estimate of drug-likeness (QED) is 0.784. The van der Waals surface area contributed by atoms with E-state index in [0.29, 0.717) is 17.2 Å². The molecule has 0 saturated carbocycles. The molecular weight excluding hydrogens is 282 g/mol. The van der Waals surface area contributed by atoms with Crippen LogP contribution < -0.4 is 5.73 Å². The number of nitriles is 1. The zero-order valence-corrected chi connectivity index (χ0v) is 12.1. The molecule has 21 heavy (non-hydrogen) atoms. The van der Waals surface area contributed by atoms with Gasteiger partial charge in [-0.15, -0.1) is 11.3 Å². The van der Waals surface area contributed by atoms with Crippen molar-refractivity contribution < 1.29 is 0 Å². The Hall–Kier alpha value is -2.78. The van der Waals surface area contributed by atoms with Gasteiger partial charge < -0.3 is 5.73 Å². The number of hydrogen-bond acceptors (Lipinski definition) is 6. The number of benzene rings is 1. The van der Waals surface area contributed by atoms with Gasteiger partial charge in [0, 0.05) is 17.1 Å². The molecular formula is C15H11N5S. The van der Waals surface area contributed by atoms with Gasteiger partial charge >= 0.3 is 0 Å². The van der Waals surface area contributed by atoms with Crippen LogP contribution in [0.5, 0.6) is 0 Å². The number of nitrogens with two attached hydrogens (primary N) is 1. The van der Waals surface area contributed by atoms with Crippen molar-refractivity contribution >= 4 is 17.2 Å². The van der Waals surface area contributed by atoms with E-state index in [-0.39, 0.29) is 0 Å². The number of anilines is 1. The molecule has 0 bridgehead atoms. The molecule has 0 aliphatic carbocycles. The fourth-order valence-corrected chi connectivity index (χ4v) is 2.78. The second kappa shape index (κ2) is 5.31. The van der Waals surface area contributed by atoms with E-state index in [4.69, 9.17) is 11.0 Å². The largest absolute Gasteiger partial charge is 0.383 e. The van der Waals surface area contributed by atoms with Crippen LogP contribution in [0.4, 0.5) is 5.82 Å². The molecule has 1 aromatic carbocycles. The minimum Gasteiger partial charge on any atom is -0.383 e. The van der Waals surface area contributed by atoms with Gasteiger partial charge in [0.2, 0.25) is 0 Å². The maximum absolute atomic E-state index is 8.95. The van der Waals surface area contributed by atoms with Gasteiger partial charge in [0.25, 0.3) is 0 Å². The molecule has 5 nitrogen and oxygen atoms in total. The Morgan fingerprint density at radius 3 is 2.90 bits per heavy atom. The van der Waals surface area contributed by atoms with Gasteiger partial charge in [-0.1, -0.05) is 12.1 Å². The van der Waals surface area contributed by atoms with Crippen LogP contribution >= 0.6 is 11.3 Å². The summed E-state index contributed by atoms with van der Waals surface area (Å²) >= 11 is 1.48. The highest BCUT2D eigenvalue weighted by molar-refractivity contribution is 7.13. The Morgan fingerprint density at radius 2 is 2.14 bits per heavy atom. The second-order valence-electron chi connectivity index (χ2n) is 4.45. The van der Waals surface area contributed by atoms with E-state index >= 15 is 0 Å². The van der Waals surface area contributed by atoms with E-state index in [1.807, 2.05) is 23.6 Å². The number of hydrogen-bond donors (Lipinski definition) is 1. The number of aromatic nitrogens is 3. The van der Waals surface area contributed by atoms with Gasteiger partial charge in [-0.25, -0.2) is 15.0 Å². The van der Waals surface area contributed by atoms with Crippen molar-refractivity contribution in [1.29, 1.82) is 5.26 Å². The van der Waals surface area contributed by atoms with E-state index in [0.717, 1.165) is 21.8 Å². The molecule has 0 spiro atoms. The first-order valence-electron chi connectivity index (χ1n) is 6.23. The fourth-order valence-electron chi connectivity index (χ4n) is 1.93. The molecule has 2 N–H and O–H groups in total. The highest BCUT2D eigenvalue weighted by Crippen LogP contribution is 2.31. The van der Waals surface area contributed by atoms with Crippen LogP contribution in [0.3, 0.4) is 0 Å². The first-order valence-corrected chi connectivity index (χ1v) is 7.11. The highest BCUT2D eigenvalue weighted by Gasteiger charge is 2.11. The molecule has 3 rings (SSSR count). The Kier molecular flexibility index (Phi) is 3.34. The van der Waals surface area contributed by atoms with E-state index < -0.39 is 0 Å². The third kappa shape index (κ3) is 2.59. The third-order valence-electron chi connectivity index (χ3n) is 2.96. The smallest absolute Gasteiger partial charge is 0.137 e. The lowest BCUT2D eigenvalue weighted by Crippen LogP contribution is -1.98. The van der Waals surface area contributed by atoms with Crippen molar-refractivity contribution in [2.24, 2.45) is 0 Å². The van der Waals surface area contributed by atoms with Crippen LogP contribution in [0.2, 0.25) is 0 Å². The summed E-state index contributed by atoms with van der Waals surface area (Å²) in [5.74, 6) is 1.06. The Balaban J connectivity index is 2.02. The van der Waals surface area contributed by atoms with E-state index in [2.05, 4.69) is 21.0 Å². The maximum atomic E-state index is 8.95. The summed E-state index contributed by atoms with van der Waals surface area (Å²) < 4.78 is 0. The number of thiazole rings is 1. The highest BCUT2D eigenvalue weighted by atomic mass is 32.1. The Labute approximate surface area is 125 Å². The second-order valence-corrected chi connectivity index (χ2v) is 5.30. The van der Waals surface area contributed by atoms with Crippen molar-refractivity contribution in [3.05, 3.63) is 47.2 Å². The van der Waals surface area contributed by atoms with Crippen LogP contribution in [0.15, 0.2) is 35.8 Å². The topological polar surface area (TPSA) is 88.5 Å². The van der Waals surface area contributed by atoms with Crippen LogP contribution in [0.1, 0.15) is 11.4 Å². The SMILES string of the molecule is Cc1ncc(-c2nc(-c3cccc(C#N)c3)cs2)c(N)n1. The molecule has 0 fully saturated rings. The van der Waals surface area contributed by atoms with Gasteiger partial charge in [0.1, 0.15) is 16.6 Å². The van der Waals surface area contributed by atoms with Gasteiger partial charge in [-0.2, -0.15) is 5.26 Å². The maximum Gasteiger partial charge on any atom is 0.137 e. The predicted molar refractivity (Wildman–Crippen MR) is 82.4 cm³/mol. The molecule has 6 heteroatoms. The van der Waals surface area contributed by atoms with Gasteiger partial charge in [-0.05, 0) is 19.1 Å². The first-order chi connectivity index (χ1) is 10.2.